The zero-order valence-corrected chi connectivity index (χ0v) is 47.9. The van der Waals surface area contributed by atoms with Crippen LogP contribution in [0.25, 0.3) is 154 Å². The van der Waals surface area contributed by atoms with Crippen molar-refractivity contribution in [2.24, 2.45) is 0 Å². The summed E-state index contributed by atoms with van der Waals surface area (Å²) in [4.78, 5) is 23.4. The van der Waals surface area contributed by atoms with Crippen LogP contribution in [0.2, 0.25) is 0 Å². The molecule has 10 nitrogen and oxygen atoms in total. The SMILES string of the molecule is [C-]#[N+]c1cccc(-c2ccc3c(c2)c2cc(-c4cccc(C#N)c4)ccc2n3-c2cc(-c3nc(-c4ccccc4)nc(-c4ccccc4)n3)ccc2-c2cc([N+]#[C-])ccc2-n2c3ccc(-c4cccc(C#N)c4)cc3c3cc(-c4cccc(C#N)c4)ccc32)c1. The molecule has 0 aliphatic heterocycles. The number of aromatic nitrogens is 5. The number of hydrogen-bond donors (Lipinski definition) is 0. The summed E-state index contributed by atoms with van der Waals surface area (Å²) >= 11 is 0. The lowest BCUT2D eigenvalue weighted by atomic mass is 9.97. The highest BCUT2D eigenvalue weighted by atomic mass is 15.0. The molecular weight excluding hydrogens is 1100 g/mol. The third kappa shape index (κ3) is 9.50. The summed E-state index contributed by atoms with van der Waals surface area (Å²) in [6.45, 7) is 16.4. The predicted octanol–water partition coefficient (Wildman–Crippen LogP) is 20.1. The van der Waals surface area contributed by atoms with Gasteiger partial charge >= 0.3 is 0 Å². The van der Waals surface area contributed by atoms with Crippen LogP contribution in [0.3, 0.4) is 0 Å². The van der Waals surface area contributed by atoms with Gasteiger partial charge in [0.2, 0.25) is 0 Å². The molecule has 90 heavy (non-hydrogen) atoms. The third-order valence-corrected chi connectivity index (χ3v) is 16.7. The lowest BCUT2D eigenvalue weighted by molar-refractivity contribution is 1.07. The molecule has 0 radical (unpaired) electrons. The topological polar surface area (TPSA) is 129 Å². The van der Waals surface area contributed by atoms with Crippen molar-refractivity contribution in [3.05, 3.63) is 306 Å². The fourth-order valence-corrected chi connectivity index (χ4v) is 12.4. The monoisotopic (exact) mass is 1140 g/mol. The third-order valence-electron chi connectivity index (χ3n) is 16.7. The Kier molecular flexibility index (Phi) is 13.2. The molecule has 0 fully saturated rings. The van der Waals surface area contributed by atoms with E-state index in [1.54, 1.807) is 12.1 Å². The summed E-state index contributed by atoms with van der Waals surface area (Å²) in [5.41, 5.74) is 19.2. The van der Waals surface area contributed by atoms with Gasteiger partial charge in [-0.1, -0.05) is 158 Å². The van der Waals surface area contributed by atoms with E-state index in [4.69, 9.17) is 28.1 Å². The molecule has 12 aromatic carbocycles. The Labute approximate surface area is 517 Å². The summed E-state index contributed by atoms with van der Waals surface area (Å²) in [5, 5.41) is 33.8. The molecule has 0 amide bonds. The highest BCUT2D eigenvalue weighted by Gasteiger charge is 2.25. The van der Waals surface area contributed by atoms with Crippen LogP contribution in [0.4, 0.5) is 11.4 Å². The van der Waals surface area contributed by atoms with Gasteiger partial charge in [0.15, 0.2) is 28.8 Å². The summed E-state index contributed by atoms with van der Waals surface area (Å²) in [6, 6.07) is 95.2. The number of nitriles is 3. The quantitative estimate of drug-likeness (QED) is 0.125. The maximum absolute atomic E-state index is 10.0. The molecule has 15 rings (SSSR count). The Hall–Kier alpha value is -13.3. The summed E-state index contributed by atoms with van der Waals surface area (Å²) in [7, 11) is 0. The van der Waals surface area contributed by atoms with Crippen LogP contribution in [-0.4, -0.2) is 24.1 Å². The minimum Gasteiger partial charge on any atom is -0.309 e. The van der Waals surface area contributed by atoms with Crippen LogP contribution in [0.15, 0.2) is 267 Å². The lowest BCUT2D eigenvalue weighted by Crippen LogP contribution is -2.04. The fourth-order valence-electron chi connectivity index (χ4n) is 12.4. The Morgan fingerprint density at radius 2 is 0.633 bits per heavy atom. The molecule has 0 aliphatic rings. The van der Waals surface area contributed by atoms with Crippen molar-refractivity contribution in [3.63, 3.8) is 0 Å². The molecule has 15 aromatic rings. The first-order valence-corrected chi connectivity index (χ1v) is 29.0. The fraction of sp³-hybridized carbons (Fsp3) is 0. The maximum atomic E-state index is 10.0. The van der Waals surface area contributed by atoms with Crippen molar-refractivity contribution < 1.29 is 0 Å². The molecule has 3 heterocycles. The van der Waals surface area contributed by atoms with Gasteiger partial charge in [-0.2, -0.15) is 15.8 Å². The van der Waals surface area contributed by atoms with Gasteiger partial charge in [0, 0.05) is 43.8 Å². The van der Waals surface area contributed by atoms with E-state index in [1.807, 2.05) is 164 Å². The summed E-state index contributed by atoms with van der Waals surface area (Å²) < 4.78 is 4.57. The van der Waals surface area contributed by atoms with E-state index in [1.165, 1.54) is 0 Å². The molecule has 0 spiro atoms. The highest BCUT2D eigenvalue weighted by Crippen LogP contribution is 2.46. The van der Waals surface area contributed by atoms with Crippen LogP contribution in [0.5, 0.6) is 0 Å². The number of fused-ring (bicyclic) bond motifs is 6. The first-order chi connectivity index (χ1) is 44.3. The largest absolute Gasteiger partial charge is 0.309 e. The van der Waals surface area contributed by atoms with Crippen molar-refractivity contribution >= 4 is 55.0 Å². The standard InChI is InChI=1S/C80H44N10/c1-84-64-24-12-23-58(40-64)62-29-35-75-70(44-62)69-43-61(57-22-11-15-52(39-57)49-83)28-34-74(69)90(75)77-45-63(80-87-78(53-16-5-3-6-17-53)86-79(88-80)54-18-7-4-8-19-54)25-31-66(77)71-46-65(85-2)30-36-76(71)89-72-32-26-59(55-20-9-13-50(37-55)47-81)41-67(72)68-42-60(27-33-73(68)89)56-21-10-14-51(38-56)48-82/h3-46H. The van der Waals surface area contributed by atoms with Gasteiger partial charge in [-0.05, 0) is 159 Å². The second-order valence-electron chi connectivity index (χ2n) is 21.9. The lowest BCUT2D eigenvalue weighted by Gasteiger charge is -2.20. The van der Waals surface area contributed by atoms with Crippen LogP contribution in [-0.2, 0) is 0 Å². The van der Waals surface area contributed by atoms with Crippen molar-refractivity contribution in [3.8, 4) is 119 Å². The van der Waals surface area contributed by atoms with Crippen LogP contribution in [0, 0.1) is 47.1 Å². The molecule has 0 N–H and O–H groups in total. The Morgan fingerprint density at radius 1 is 0.278 bits per heavy atom. The van der Waals surface area contributed by atoms with E-state index in [2.05, 4.69) is 128 Å². The Bertz CT molecular complexity index is 5400. The van der Waals surface area contributed by atoms with E-state index in [-0.39, 0.29) is 0 Å². The van der Waals surface area contributed by atoms with Gasteiger partial charge in [0.25, 0.3) is 0 Å². The van der Waals surface area contributed by atoms with Gasteiger partial charge in [-0.3, -0.25) is 0 Å². The average Bonchev–Trinajstić information content (AvgIpc) is 1.57. The van der Waals surface area contributed by atoms with Crippen molar-refractivity contribution in [2.75, 3.05) is 0 Å². The number of nitrogens with zero attached hydrogens (tertiary/aromatic N) is 10. The zero-order valence-electron chi connectivity index (χ0n) is 47.9. The minimum atomic E-state index is 0.444. The van der Waals surface area contributed by atoms with Gasteiger partial charge in [-0.15, -0.1) is 0 Å². The Morgan fingerprint density at radius 3 is 1.06 bits per heavy atom. The molecule has 414 valence electrons. The molecule has 0 saturated heterocycles. The molecule has 0 atom stereocenters. The van der Waals surface area contributed by atoms with Crippen LogP contribution >= 0.6 is 0 Å². The molecular formula is C80H44N10. The molecule has 0 bridgehead atoms. The van der Waals surface area contributed by atoms with Gasteiger partial charge in [0.1, 0.15) is 0 Å². The van der Waals surface area contributed by atoms with Crippen LogP contribution in [0.1, 0.15) is 16.7 Å². The second-order valence-corrected chi connectivity index (χ2v) is 21.9. The van der Waals surface area contributed by atoms with E-state index >= 15 is 0 Å². The molecule has 10 heteroatoms. The van der Waals surface area contributed by atoms with Gasteiger partial charge in [0.05, 0.1) is 81.5 Å². The highest BCUT2D eigenvalue weighted by molar-refractivity contribution is 6.14. The van der Waals surface area contributed by atoms with Gasteiger partial charge < -0.3 is 9.13 Å². The maximum Gasteiger partial charge on any atom is 0.188 e. The average molecular weight is 1150 g/mol. The number of hydrogen-bond acceptors (Lipinski definition) is 6. The van der Waals surface area contributed by atoms with Crippen molar-refractivity contribution in [2.45, 2.75) is 0 Å². The first kappa shape index (κ1) is 53.4. The predicted molar refractivity (Wildman–Crippen MR) is 359 cm³/mol. The molecule has 0 unspecified atom stereocenters. The minimum absolute atomic E-state index is 0.444. The summed E-state index contributed by atoms with van der Waals surface area (Å²) in [6.07, 6.45) is 0. The van der Waals surface area contributed by atoms with E-state index in [0.29, 0.717) is 45.5 Å². The Balaban J connectivity index is 1.04. The van der Waals surface area contributed by atoms with Crippen molar-refractivity contribution in [1.29, 1.82) is 15.8 Å². The normalized spacial score (nSPS) is 11.1. The molecule has 3 aromatic heterocycles. The van der Waals surface area contributed by atoms with E-state index in [9.17, 15) is 15.8 Å². The van der Waals surface area contributed by atoms with Gasteiger partial charge in [-0.25, -0.2) is 24.6 Å². The molecule has 0 aliphatic carbocycles. The van der Waals surface area contributed by atoms with Crippen LogP contribution < -0.4 is 0 Å². The number of rotatable bonds is 10. The van der Waals surface area contributed by atoms with E-state index < -0.39 is 0 Å². The zero-order chi connectivity index (χ0) is 60.8. The smallest absolute Gasteiger partial charge is 0.188 e. The summed E-state index contributed by atoms with van der Waals surface area (Å²) in [5.74, 6) is 1.50. The first-order valence-electron chi connectivity index (χ1n) is 29.0. The molecule has 0 saturated carbocycles. The van der Waals surface area contributed by atoms with Crippen molar-refractivity contribution in [1.82, 2.24) is 24.1 Å². The van der Waals surface area contributed by atoms with E-state index in [0.717, 1.165) is 127 Å². The second kappa shape index (κ2) is 22.3. The number of benzene rings is 12.